The summed E-state index contributed by atoms with van der Waals surface area (Å²) >= 11 is 0. The van der Waals surface area contributed by atoms with Gasteiger partial charge in [0.2, 0.25) is 0 Å². The third-order valence-electron chi connectivity index (χ3n) is 3.72. The monoisotopic (exact) mass is 228 g/mol. The lowest BCUT2D eigenvalue weighted by Gasteiger charge is -2.19. The zero-order valence-electron chi connectivity index (χ0n) is 10.6. The highest BCUT2D eigenvalue weighted by molar-refractivity contribution is 5.32. The van der Waals surface area contributed by atoms with Crippen LogP contribution in [0.3, 0.4) is 0 Å². The molecule has 3 atom stereocenters. The Kier molecular flexibility index (Phi) is 3.81. The third kappa shape index (κ3) is 3.08. The van der Waals surface area contributed by atoms with Gasteiger partial charge in [-0.2, -0.15) is 5.26 Å². The van der Waals surface area contributed by atoms with Crippen LogP contribution >= 0.6 is 0 Å². The number of nitriles is 1. The van der Waals surface area contributed by atoms with E-state index >= 15 is 0 Å². The molecule has 1 aliphatic carbocycles. The molecule has 0 spiro atoms. The van der Waals surface area contributed by atoms with Gasteiger partial charge in [0, 0.05) is 12.1 Å². The second kappa shape index (κ2) is 5.33. The topological polar surface area (TPSA) is 35.8 Å². The minimum absolute atomic E-state index is 0.373. The van der Waals surface area contributed by atoms with Crippen LogP contribution in [0, 0.1) is 17.2 Å². The van der Waals surface area contributed by atoms with E-state index in [0.717, 1.165) is 11.5 Å². The second-order valence-electron chi connectivity index (χ2n) is 5.24. The van der Waals surface area contributed by atoms with Crippen molar-refractivity contribution in [2.75, 3.05) is 0 Å². The highest BCUT2D eigenvalue weighted by Gasteiger charge is 2.22. The third-order valence-corrected chi connectivity index (χ3v) is 3.72. The van der Waals surface area contributed by atoms with Crippen molar-refractivity contribution in [1.29, 1.82) is 5.26 Å². The Labute approximate surface area is 104 Å². The van der Waals surface area contributed by atoms with Crippen LogP contribution in [0.15, 0.2) is 24.3 Å². The van der Waals surface area contributed by atoms with Crippen molar-refractivity contribution in [2.24, 2.45) is 5.92 Å². The summed E-state index contributed by atoms with van der Waals surface area (Å²) in [5.41, 5.74) is 2.00. The van der Waals surface area contributed by atoms with Crippen LogP contribution in [-0.2, 0) is 0 Å². The average molecular weight is 228 g/mol. The van der Waals surface area contributed by atoms with E-state index in [1.807, 2.05) is 12.1 Å². The first-order chi connectivity index (χ1) is 8.19. The minimum Gasteiger partial charge on any atom is -0.307 e. The molecule has 90 valence electrons. The van der Waals surface area contributed by atoms with E-state index in [2.05, 4.69) is 37.4 Å². The van der Waals surface area contributed by atoms with Crippen molar-refractivity contribution in [1.82, 2.24) is 5.32 Å². The van der Waals surface area contributed by atoms with Crippen LogP contribution in [0.4, 0.5) is 0 Å². The molecule has 17 heavy (non-hydrogen) atoms. The van der Waals surface area contributed by atoms with Crippen LogP contribution in [0.2, 0.25) is 0 Å². The molecule has 1 aromatic carbocycles. The Morgan fingerprint density at radius 3 is 2.53 bits per heavy atom. The lowest BCUT2D eigenvalue weighted by Crippen LogP contribution is -2.29. The highest BCUT2D eigenvalue weighted by Crippen LogP contribution is 2.26. The standard InChI is InChI=1S/C15H20N2/c1-11-3-8-15(9-11)17-12(2)14-6-4-13(10-16)5-7-14/h4-7,11-12,15,17H,3,8-9H2,1-2H3. The normalized spacial score (nSPS) is 25.5. The van der Waals surface area contributed by atoms with Gasteiger partial charge in [0.15, 0.2) is 0 Å². The number of hydrogen-bond acceptors (Lipinski definition) is 2. The molecule has 1 aromatic rings. The lowest BCUT2D eigenvalue weighted by atomic mass is 10.0. The molecule has 1 fully saturated rings. The molecule has 0 radical (unpaired) electrons. The predicted molar refractivity (Wildman–Crippen MR) is 69.5 cm³/mol. The summed E-state index contributed by atoms with van der Waals surface area (Å²) in [6.45, 7) is 4.53. The Bertz CT molecular complexity index is 402. The van der Waals surface area contributed by atoms with Crippen LogP contribution < -0.4 is 5.32 Å². The number of hydrogen-bond donors (Lipinski definition) is 1. The second-order valence-corrected chi connectivity index (χ2v) is 5.24. The maximum absolute atomic E-state index is 8.76. The maximum Gasteiger partial charge on any atom is 0.0991 e. The van der Waals surface area contributed by atoms with Crippen molar-refractivity contribution in [2.45, 2.75) is 45.2 Å². The summed E-state index contributed by atoms with van der Waals surface area (Å²) in [5, 5.41) is 12.4. The van der Waals surface area contributed by atoms with E-state index in [1.54, 1.807) is 0 Å². The first kappa shape index (κ1) is 12.1. The summed E-state index contributed by atoms with van der Waals surface area (Å²) in [6, 6.07) is 11.1. The molecule has 1 aliphatic rings. The van der Waals surface area contributed by atoms with E-state index in [0.29, 0.717) is 12.1 Å². The summed E-state index contributed by atoms with van der Waals surface area (Å²) in [4.78, 5) is 0. The van der Waals surface area contributed by atoms with Gasteiger partial charge >= 0.3 is 0 Å². The number of benzene rings is 1. The summed E-state index contributed by atoms with van der Waals surface area (Å²) in [5.74, 6) is 0.862. The average Bonchev–Trinajstić information content (AvgIpc) is 2.75. The SMILES string of the molecule is CC1CCC(NC(C)c2ccc(C#N)cc2)C1. The molecule has 1 N–H and O–H groups in total. The molecule has 0 heterocycles. The molecule has 2 rings (SSSR count). The lowest BCUT2D eigenvalue weighted by molar-refractivity contribution is 0.449. The fourth-order valence-corrected chi connectivity index (χ4v) is 2.65. The zero-order valence-corrected chi connectivity index (χ0v) is 10.6. The number of rotatable bonds is 3. The van der Waals surface area contributed by atoms with Gasteiger partial charge in [-0.1, -0.05) is 19.1 Å². The molecule has 3 unspecified atom stereocenters. The fraction of sp³-hybridized carbons (Fsp3) is 0.533. The molecule has 0 amide bonds. The van der Waals surface area contributed by atoms with Gasteiger partial charge in [-0.15, -0.1) is 0 Å². The first-order valence-corrected chi connectivity index (χ1v) is 6.45. The number of nitrogens with one attached hydrogen (secondary N) is 1. The fourth-order valence-electron chi connectivity index (χ4n) is 2.65. The summed E-state index contributed by atoms with van der Waals surface area (Å²) in [6.07, 6.45) is 3.93. The summed E-state index contributed by atoms with van der Waals surface area (Å²) < 4.78 is 0. The molecule has 2 heteroatoms. The molecular formula is C15H20N2. The van der Waals surface area contributed by atoms with E-state index in [-0.39, 0.29) is 0 Å². The van der Waals surface area contributed by atoms with Crippen molar-refractivity contribution in [3.05, 3.63) is 35.4 Å². The molecular weight excluding hydrogens is 208 g/mol. The van der Waals surface area contributed by atoms with Gasteiger partial charge < -0.3 is 5.32 Å². The Morgan fingerprint density at radius 1 is 1.29 bits per heavy atom. The van der Waals surface area contributed by atoms with E-state index < -0.39 is 0 Å². The van der Waals surface area contributed by atoms with Crippen LogP contribution in [0.5, 0.6) is 0 Å². The first-order valence-electron chi connectivity index (χ1n) is 6.45. The number of nitrogens with zero attached hydrogens (tertiary/aromatic N) is 1. The van der Waals surface area contributed by atoms with Gasteiger partial charge in [-0.25, -0.2) is 0 Å². The molecule has 1 saturated carbocycles. The van der Waals surface area contributed by atoms with Gasteiger partial charge in [0.1, 0.15) is 0 Å². The summed E-state index contributed by atoms with van der Waals surface area (Å²) in [7, 11) is 0. The van der Waals surface area contributed by atoms with Crippen molar-refractivity contribution in [3.63, 3.8) is 0 Å². The molecule has 0 saturated heterocycles. The smallest absolute Gasteiger partial charge is 0.0991 e. The molecule has 0 aromatic heterocycles. The maximum atomic E-state index is 8.76. The highest BCUT2D eigenvalue weighted by atomic mass is 14.9. The van der Waals surface area contributed by atoms with E-state index in [9.17, 15) is 0 Å². The molecule has 2 nitrogen and oxygen atoms in total. The van der Waals surface area contributed by atoms with Crippen LogP contribution in [0.1, 0.15) is 50.3 Å². The van der Waals surface area contributed by atoms with Crippen molar-refractivity contribution >= 4 is 0 Å². The molecule has 0 bridgehead atoms. The Morgan fingerprint density at radius 2 is 2.00 bits per heavy atom. The van der Waals surface area contributed by atoms with E-state index in [1.165, 1.54) is 24.8 Å². The van der Waals surface area contributed by atoms with E-state index in [4.69, 9.17) is 5.26 Å². The zero-order chi connectivity index (χ0) is 12.3. The van der Waals surface area contributed by atoms with Crippen LogP contribution in [0.25, 0.3) is 0 Å². The quantitative estimate of drug-likeness (QED) is 0.860. The van der Waals surface area contributed by atoms with Gasteiger partial charge in [0.25, 0.3) is 0 Å². The van der Waals surface area contributed by atoms with Crippen LogP contribution in [-0.4, -0.2) is 6.04 Å². The Balaban J connectivity index is 1.95. The predicted octanol–water partition coefficient (Wildman–Crippen LogP) is 3.40. The Hall–Kier alpha value is -1.33. The van der Waals surface area contributed by atoms with Gasteiger partial charge in [-0.3, -0.25) is 0 Å². The van der Waals surface area contributed by atoms with Gasteiger partial charge in [-0.05, 0) is 49.8 Å². The van der Waals surface area contributed by atoms with Crippen molar-refractivity contribution in [3.8, 4) is 6.07 Å². The van der Waals surface area contributed by atoms with Gasteiger partial charge in [0.05, 0.1) is 11.6 Å². The molecule has 0 aliphatic heterocycles. The largest absolute Gasteiger partial charge is 0.307 e. The minimum atomic E-state index is 0.373. The van der Waals surface area contributed by atoms with Crippen molar-refractivity contribution < 1.29 is 0 Å².